The monoisotopic (exact) mass is 1030 g/mol. The molecule has 1 amide bonds. The fraction of sp³-hybridized carbons (Fsp3) is 0.825. The average Bonchev–Trinajstić information content (AvgIpc) is 3.74. The van der Waals surface area contributed by atoms with Crippen molar-refractivity contribution in [3.8, 4) is 0 Å². The van der Waals surface area contributed by atoms with Crippen molar-refractivity contribution < 1.29 is 85.6 Å². The molecule has 1 saturated heterocycles. The summed E-state index contributed by atoms with van der Waals surface area (Å²) in [5.41, 5.74) is 0. The van der Waals surface area contributed by atoms with Crippen LogP contribution >= 0.6 is 0 Å². The Bertz CT molecular complexity index is 1260. The van der Waals surface area contributed by atoms with E-state index in [0.717, 1.165) is 128 Å². The van der Waals surface area contributed by atoms with Crippen LogP contribution in [0.15, 0.2) is 0 Å². The second-order valence-corrected chi connectivity index (χ2v) is 19.2. The summed E-state index contributed by atoms with van der Waals surface area (Å²) < 4.78 is 38.5. The predicted octanol–water partition coefficient (Wildman–Crippen LogP) is 9.97. The average molecular weight is 1030 g/mol. The number of rotatable bonds is 45. The van der Waals surface area contributed by atoms with Crippen LogP contribution in [0.4, 0.5) is 4.79 Å². The molecule has 422 valence electrons. The van der Waals surface area contributed by atoms with Crippen molar-refractivity contribution in [3.63, 3.8) is 0 Å². The number of esters is 6. The molecule has 1 aliphatic heterocycles. The molecule has 1 rings (SSSR count). The molecule has 1 fully saturated rings. The molecule has 0 aromatic rings. The Hall–Kier alpha value is -3.31. The summed E-state index contributed by atoms with van der Waals surface area (Å²) in [7, 11) is 0. The summed E-state index contributed by atoms with van der Waals surface area (Å²) in [5.74, 6) is -4.71. The van der Waals surface area contributed by atoms with Gasteiger partial charge in [-0.2, -0.15) is 0 Å². The molecule has 1 aliphatic rings. The standard InChI is InChI=1S/C55H96NO14.2CH3.Li/c1-6-11-15-19-23-27-33-65-49(57)37-45(38-50(58)66-34-28-24-20-16-12-7-2)41-53(61)69-43-47-31-32-48(56(47)55(63)64-10-5)44-70-54(62)42-46(39-51(59)67-35-29-25-21-17-13-8-3)40-52(60)68-36-30-26-22-18-14-9-4;;;/h45-48H,5-44H2,1-4H3;2*1H3;/q3*-1;+1/t47-,48+;;;. The Morgan fingerprint density at radius 3 is 0.863 bits per heavy atom. The van der Waals surface area contributed by atoms with Crippen molar-refractivity contribution in [2.75, 3.05) is 46.2 Å². The third-order valence-electron chi connectivity index (χ3n) is 12.7. The van der Waals surface area contributed by atoms with E-state index >= 15 is 0 Å². The first-order valence-electron chi connectivity index (χ1n) is 27.7. The van der Waals surface area contributed by atoms with Crippen molar-refractivity contribution in [3.05, 3.63) is 21.8 Å². The third kappa shape index (κ3) is 40.6. The third-order valence-corrected chi connectivity index (χ3v) is 12.7. The number of carbonyl (C=O) groups is 7. The Balaban J connectivity index is -0.0000163. The number of unbranched alkanes of at least 4 members (excludes halogenated alkanes) is 20. The van der Waals surface area contributed by atoms with E-state index < -0.39 is 65.8 Å². The van der Waals surface area contributed by atoms with Crippen LogP contribution in [-0.4, -0.2) is 105 Å². The maximum absolute atomic E-state index is 13.3. The van der Waals surface area contributed by atoms with Crippen LogP contribution in [-0.2, 0) is 61.9 Å². The van der Waals surface area contributed by atoms with E-state index in [2.05, 4.69) is 34.6 Å². The molecule has 0 aliphatic carbocycles. The molecule has 0 aromatic heterocycles. The van der Waals surface area contributed by atoms with Crippen molar-refractivity contribution in [1.82, 2.24) is 4.90 Å². The van der Waals surface area contributed by atoms with Gasteiger partial charge in [0.1, 0.15) is 13.2 Å². The zero-order valence-electron chi connectivity index (χ0n) is 47.3. The maximum Gasteiger partial charge on any atom is 1.00 e. The molecule has 73 heavy (non-hydrogen) atoms. The van der Waals surface area contributed by atoms with Crippen molar-refractivity contribution in [1.29, 1.82) is 0 Å². The topological polar surface area (TPSA) is 187 Å². The van der Waals surface area contributed by atoms with Crippen LogP contribution < -0.4 is 18.9 Å². The summed E-state index contributed by atoms with van der Waals surface area (Å²) in [5, 5.41) is 0. The molecule has 0 spiro atoms. The number of hydrogen-bond acceptors (Lipinski definition) is 14. The normalized spacial score (nSPS) is 13.8. The minimum atomic E-state index is -0.715. The Morgan fingerprint density at radius 1 is 0.384 bits per heavy atom. The van der Waals surface area contributed by atoms with Gasteiger partial charge in [-0.05, 0) is 57.0 Å². The number of ether oxygens (including phenoxy) is 7. The molecule has 0 radical (unpaired) electrons. The van der Waals surface area contributed by atoms with Crippen molar-refractivity contribution >= 4 is 41.9 Å². The molecule has 0 unspecified atom stereocenters. The van der Waals surface area contributed by atoms with Gasteiger partial charge in [-0.25, -0.2) is 4.79 Å². The van der Waals surface area contributed by atoms with Gasteiger partial charge in [0.25, 0.3) is 0 Å². The van der Waals surface area contributed by atoms with Gasteiger partial charge in [0.05, 0.1) is 38.5 Å². The molecule has 0 aromatic carbocycles. The zero-order valence-corrected chi connectivity index (χ0v) is 47.3. The van der Waals surface area contributed by atoms with Crippen LogP contribution in [0.3, 0.4) is 0 Å². The quantitative estimate of drug-likeness (QED) is 0.0184. The van der Waals surface area contributed by atoms with E-state index in [1.54, 1.807) is 0 Å². The Morgan fingerprint density at radius 2 is 0.616 bits per heavy atom. The second-order valence-electron chi connectivity index (χ2n) is 19.2. The van der Waals surface area contributed by atoms with Crippen molar-refractivity contribution in [2.24, 2.45) is 11.8 Å². The number of amides is 1. The molecular weight excluding hydrogens is 930 g/mol. The largest absolute Gasteiger partial charge is 1.00 e. The van der Waals surface area contributed by atoms with Gasteiger partial charge in [0.15, 0.2) is 0 Å². The zero-order chi connectivity index (χ0) is 51.5. The molecule has 16 heteroatoms. The molecule has 1 heterocycles. The van der Waals surface area contributed by atoms with E-state index in [0.29, 0.717) is 12.8 Å². The van der Waals surface area contributed by atoms with Gasteiger partial charge in [0.2, 0.25) is 0 Å². The summed E-state index contributed by atoms with van der Waals surface area (Å²) in [6, 6.07) is -1.24. The van der Waals surface area contributed by atoms with E-state index in [4.69, 9.17) is 33.2 Å². The van der Waals surface area contributed by atoms with E-state index in [1.807, 2.05) is 0 Å². The molecule has 2 atom stereocenters. The maximum atomic E-state index is 13.3. The van der Waals surface area contributed by atoms with E-state index in [1.165, 1.54) is 30.6 Å². The Labute approximate surface area is 455 Å². The second kappa shape index (κ2) is 50.8. The minimum Gasteiger partial charge on any atom is -0.483 e. The van der Waals surface area contributed by atoms with Gasteiger partial charge in [0, 0.05) is 38.5 Å². The number of nitrogens with zero attached hydrogens (tertiary/aromatic N) is 1. The van der Waals surface area contributed by atoms with Gasteiger partial charge in [-0.3, -0.25) is 33.7 Å². The van der Waals surface area contributed by atoms with Gasteiger partial charge < -0.3 is 54.9 Å². The van der Waals surface area contributed by atoms with Crippen LogP contribution in [0.1, 0.15) is 233 Å². The van der Waals surface area contributed by atoms with Gasteiger partial charge >= 0.3 is 60.8 Å². The van der Waals surface area contributed by atoms with Crippen LogP contribution in [0, 0.1) is 33.6 Å². The first-order valence-corrected chi connectivity index (χ1v) is 27.7. The summed E-state index contributed by atoms with van der Waals surface area (Å²) in [4.78, 5) is 92.9. The first-order chi connectivity index (χ1) is 34.0. The summed E-state index contributed by atoms with van der Waals surface area (Å²) >= 11 is 0. The van der Waals surface area contributed by atoms with Gasteiger partial charge in [-0.1, -0.05) is 156 Å². The van der Waals surface area contributed by atoms with Crippen molar-refractivity contribution in [2.45, 2.75) is 245 Å². The molecule has 15 nitrogen and oxygen atoms in total. The first kappa shape index (κ1) is 73.9. The summed E-state index contributed by atoms with van der Waals surface area (Å²) in [6.45, 7) is 12.7. The van der Waals surface area contributed by atoms with Crippen LogP contribution in [0.25, 0.3) is 0 Å². The molecule has 0 bridgehead atoms. The van der Waals surface area contributed by atoms with Crippen LogP contribution in [0.2, 0.25) is 0 Å². The minimum absolute atomic E-state index is 0. The molecule has 0 saturated carbocycles. The molecule has 0 N–H and O–H groups in total. The number of likely N-dealkylation sites (tertiary alicyclic amines) is 1. The fourth-order valence-corrected chi connectivity index (χ4v) is 8.60. The Kier molecular flexibility index (Phi) is 51.5. The number of carbonyl (C=O) groups excluding carboxylic acids is 7. The predicted molar refractivity (Wildman–Crippen MR) is 282 cm³/mol. The van der Waals surface area contributed by atoms with E-state index in [-0.39, 0.29) is 118 Å². The molecular formula is C57H102LiNO14-2. The van der Waals surface area contributed by atoms with Crippen LogP contribution in [0.5, 0.6) is 0 Å². The van der Waals surface area contributed by atoms with Gasteiger partial charge in [-0.15, -0.1) is 0 Å². The summed E-state index contributed by atoms with van der Waals surface area (Å²) in [6.07, 6.45) is 23.8. The SMILES string of the molecule is [CH2-]COC(=O)N1[C@@H](COC(=O)CC(CC(=O)OCCCCCCCC)CC(=O)OCCCCCCCC)CC[C@H]1COC(=O)CC(CC(=O)OCCCCCCCC)CC(=O)OCCCCCCCC.[CH3-].[CH3-].[Li+]. The number of hydrogen-bond donors (Lipinski definition) is 0. The fourth-order valence-electron chi connectivity index (χ4n) is 8.60. The van der Waals surface area contributed by atoms with E-state index in [9.17, 15) is 33.6 Å². The smallest absolute Gasteiger partial charge is 0.483 e.